The van der Waals surface area contributed by atoms with Crippen LogP contribution in [-0.4, -0.2) is 44.5 Å². The number of methoxy groups -OCH3 is 3. The molecule has 0 atom stereocenters. The van der Waals surface area contributed by atoms with Crippen LogP contribution in [0, 0.1) is 13.8 Å². The van der Waals surface area contributed by atoms with E-state index < -0.39 is 7.32 Å². The monoisotopic (exact) mass is 400 g/mol. The summed E-state index contributed by atoms with van der Waals surface area (Å²) in [5, 5.41) is 18.9. The first-order valence-corrected chi connectivity index (χ1v) is 8.72. The molecule has 0 aliphatic carbocycles. The highest BCUT2D eigenvalue weighted by Crippen LogP contribution is 2.41. The number of benzene rings is 2. The predicted molar refractivity (Wildman–Crippen MR) is 106 cm³/mol. The Balaban J connectivity index is 2.20. The minimum Gasteiger partial charge on any atom is -0.506 e. The van der Waals surface area contributed by atoms with Crippen molar-refractivity contribution in [2.45, 2.75) is 13.8 Å². The molecule has 0 saturated heterocycles. The first-order valence-electron chi connectivity index (χ1n) is 8.72. The van der Waals surface area contributed by atoms with E-state index in [1.165, 1.54) is 21.3 Å². The molecule has 29 heavy (non-hydrogen) atoms. The van der Waals surface area contributed by atoms with E-state index >= 15 is 0 Å². The first-order chi connectivity index (χ1) is 13.8. The molecule has 2 aromatic carbocycles. The highest BCUT2D eigenvalue weighted by atomic mass is 16.6. The van der Waals surface area contributed by atoms with Gasteiger partial charge >= 0.3 is 7.32 Å². The molecule has 1 aromatic heterocycles. The quantitative estimate of drug-likeness (QED) is 0.461. The summed E-state index contributed by atoms with van der Waals surface area (Å²) in [5.74, 6) is 1.30. The van der Waals surface area contributed by atoms with Gasteiger partial charge in [0.1, 0.15) is 17.3 Å². The molecule has 0 amide bonds. The topological polar surface area (TPSA) is 108 Å². The molecular weight excluding hydrogens is 379 g/mol. The first kappa shape index (κ1) is 20.6. The fraction of sp³-hybridized carbons (Fsp3) is 0.250. The van der Waals surface area contributed by atoms with Crippen LogP contribution in [-0.2, 0) is 0 Å². The SMILES string of the molecule is COc1cc(C(=O)c2c(C)oc3c(OB(O)O)c(OC)ccc23)cc(OC)c1C. The van der Waals surface area contributed by atoms with E-state index in [-0.39, 0.29) is 22.9 Å². The van der Waals surface area contributed by atoms with E-state index in [2.05, 4.69) is 0 Å². The molecule has 2 N–H and O–H groups in total. The van der Waals surface area contributed by atoms with Gasteiger partial charge in [0.2, 0.25) is 0 Å². The van der Waals surface area contributed by atoms with Crippen LogP contribution in [0.4, 0.5) is 0 Å². The summed E-state index contributed by atoms with van der Waals surface area (Å²) in [6.07, 6.45) is 0. The van der Waals surface area contributed by atoms with Crippen molar-refractivity contribution in [1.82, 2.24) is 0 Å². The maximum absolute atomic E-state index is 13.3. The second kappa shape index (κ2) is 8.06. The van der Waals surface area contributed by atoms with Crippen molar-refractivity contribution in [3.63, 3.8) is 0 Å². The van der Waals surface area contributed by atoms with E-state index in [9.17, 15) is 14.8 Å². The largest absolute Gasteiger partial charge is 0.707 e. The number of carbonyl (C=O) groups excluding carboxylic acids is 1. The van der Waals surface area contributed by atoms with Crippen LogP contribution in [0.3, 0.4) is 0 Å². The average molecular weight is 400 g/mol. The van der Waals surface area contributed by atoms with Crippen LogP contribution in [0.15, 0.2) is 28.7 Å². The number of rotatable bonds is 7. The third-order valence-electron chi connectivity index (χ3n) is 4.64. The number of ether oxygens (including phenoxy) is 3. The highest BCUT2D eigenvalue weighted by Gasteiger charge is 2.27. The van der Waals surface area contributed by atoms with Gasteiger partial charge in [-0.25, -0.2) is 0 Å². The van der Waals surface area contributed by atoms with Gasteiger partial charge in [-0.3, -0.25) is 4.79 Å². The summed E-state index contributed by atoms with van der Waals surface area (Å²) in [6.45, 7) is 3.47. The molecular formula is C20H21BO8. The number of ketones is 1. The van der Waals surface area contributed by atoms with Gasteiger partial charge < -0.3 is 33.3 Å². The Labute approximate surface area is 167 Å². The standard InChI is InChI=1S/C20H21BO8/c1-10-15(26-4)8-12(9-16(10)27-5)18(22)17-11(2)28-19-13(17)6-7-14(25-3)20(19)29-21(23)24/h6-9,23-24H,1-5H3. The lowest BCUT2D eigenvalue weighted by Crippen LogP contribution is -2.21. The summed E-state index contributed by atoms with van der Waals surface area (Å²) in [7, 11) is 2.37. The predicted octanol–water partition coefficient (Wildman–Crippen LogP) is 2.65. The molecule has 0 unspecified atom stereocenters. The number of carbonyl (C=O) groups is 1. The average Bonchev–Trinajstić information content (AvgIpc) is 3.03. The van der Waals surface area contributed by atoms with Gasteiger partial charge in [-0.1, -0.05) is 0 Å². The molecule has 8 nitrogen and oxygen atoms in total. The molecule has 0 aliphatic rings. The normalized spacial score (nSPS) is 10.7. The molecule has 0 radical (unpaired) electrons. The van der Waals surface area contributed by atoms with Crippen LogP contribution in [0.2, 0.25) is 0 Å². The van der Waals surface area contributed by atoms with Gasteiger partial charge in [0, 0.05) is 16.5 Å². The van der Waals surface area contributed by atoms with Gasteiger partial charge in [0.05, 0.1) is 26.9 Å². The number of hydrogen-bond donors (Lipinski definition) is 2. The summed E-state index contributed by atoms with van der Waals surface area (Å²) < 4.78 is 26.7. The van der Waals surface area contributed by atoms with E-state index in [4.69, 9.17) is 23.3 Å². The van der Waals surface area contributed by atoms with Crippen molar-refractivity contribution < 1.29 is 38.1 Å². The third kappa shape index (κ3) is 3.62. The van der Waals surface area contributed by atoms with Gasteiger partial charge in [-0.2, -0.15) is 0 Å². The van der Waals surface area contributed by atoms with E-state index in [0.717, 1.165) is 5.56 Å². The molecule has 1 heterocycles. The Morgan fingerprint density at radius 2 is 1.55 bits per heavy atom. The van der Waals surface area contributed by atoms with Crippen LogP contribution in [0.1, 0.15) is 27.2 Å². The molecule has 3 aromatic rings. The van der Waals surface area contributed by atoms with Gasteiger partial charge in [-0.05, 0) is 38.1 Å². The Hall–Kier alpha value is -3.17. The lowest BCUT2D eigenvalue weighted by molar-refractivity contribution is 0.103. The number of furan rings is 1. The maximum atomic E-state index is 13.3. The van der Waals surface area contributed by atoms with Crippen molar-refractivity contribution in [1.29, 1.82) is 0 Å². The summed E-state index contributed by atoms with van der Waals surface area (Å²) in [6, 6.07) is 6.48. The van der Waals surface area contributed by atoms with E-state index in [0.29, 0.717) is 33.8 Å². The number of aryl methyl sites for hydroxylation is 1. The minimum absolute atomic E-state index is 0.0128. The molecule has 0 fully saturated rings. The smallest absolute Gasteiger partial charge is 0.506 e. The second-order valence-electron chi connectivity index (χ2n) is 6.29. The molecule has 3 rings (SSSR count). The van der Waals surface area contributed by atoms with Crippen LogP contribution < -0.4 is 18.9 Å². The molecule has 152 valence electrons. The molecule has 0 saturated carbocycles. The van der Waals surface area contributed by atoms with Crippen LogP contribution >= 0.6 is 0 Å². The second-order valence-corrected chi connectivity index (χ2v) is 6.29. The van der Waals surface area contributed by atoms with Crippen LogP contribution in [0.5, 0.6) is 23.0 Å². The molecule has 0 aliphatic heterocycles. The van der Waals surface area contributed by atoms with Crippen molar-refractivity contribution in [3.05, 3.63) is 46.7 Å². The van der Waals surface area contributed by atoms with Crippen molar-refractivity contribution in [3.8, 4) is 23.0 Å². The lowest BCUT2D eigenvalue weighted by Gasteiger charge is -2.12. The third-order valence-corrected chi connectivity index (χ3v) is 4.64. The number of hydrogen-bond acceptors (Lipinski definition) is 8. The maximum Gasteiger partial charge on any atom is 0.707 e. The molecule has 0 spiro atoms. The fourth-order valence-corrected chi connectivity index (χ4v) is 3.26. The van der Waals surface area contributed by atoms with Crippen molar-refractivity contribution in [2.24, 2.45) is 0 Å². The van der Waals surface area contributed by atoms with Gasteiger partial charge in [0.15, 0.2) is 22.9 Å². The van der Waals surface area contributed by atoms with Crippen molar-refractivity contribution >= 4 is 24.1 Å². The zero-order valence-corrected chi connectivity index (χ0v) is 16.7. The molecule has 0 bridgehead atoms. The zero-order valence-electron chi connectivity index (χ0n) is 16.7. The Morgan fingerprint density at radius 3 is 2.07 bits per heavy atom. The lowest BCUT2D eigenvalue weighted by atomic mass is 9.98. The molecule has 9 heteroatoms. The highest BCUT2D eigenvalue weighted by molar-refractivity contribution is 6.34. The zero-order chi connectivity index (χ0) is 21.3. The van der Waals surface area contributed by atoms with E-state index in [1.54, 1.807) is 31.2 Å². The Kier molecular flexibility index (Phi) is 5.72. The van der Waals surface area contributed by atoms with Crippen molar-refractivity contribution in [2.75, 3.05) is 21.3 Å². The summed E-state index contributed by atoms with van der Waals surface area (Å²) in [4.78, 5) is 13.3. The summed E-state index contributed by atoms with van der Waals surface area (Å²) in [5.41, 5.74) is 1.62. The Bertz CT molecular complexity index is 1050. The Morgan fingerprint density at radius 1 is 0.966 bits per heavy atom. The van der Waals surface area contributed by atoms with Crippen LogP contribution in [0.25, 0.3) is 11.0 Å². The number of fused-ring (bicyclic) bond motifs is 1. The summed E-state index contributed by atoms with van der Waals surface area (Å²) >= 11 is 0. The van der Waals surface area contributed by atoms with Gasteiger partial charge in [-0.15, -0.1) is 0 Å². The minimum atomic E-state index is -2.08. The van der Waals surface area contributed by atoms with E-state index in [1.807, 2.05) is 6.92 Å². The van der Waals surface area contributed by atoms with Gasteiger partial charge in [0.25, 0.3) is 0 Å². The fourth-order valence-electron chi connectivity index (χ4n) is 3.26.